The van der Waals surface area contributed by atoms with Gasteiger partial charge in [0.2, 0.25) is 10.0 Å². The smallest absolute Gasteiger partial charge is 0.312 e. The lowest BCUT2D eigenvalue weighted by Crippen LogP contribution is -2.14. The summed E-state index contributed by atoms with van der Waals surface area (Å²) in [5.41, 5.74) is -0.139. The molecule has 0 amide bonds. The van der Waals surface area contributed by atoms with Crippen LogP contribution in [0.25, 0.3) is 0 Å². The minimum atomic E-state index is -4.01. The van der Waals surface area contributed by atoms with Crippen LogP contribution in [0.1, 0.15) is 12.0 Å². The van der Waals surface area contributed by atoms with E-state index in [2.05, 4.69) is 6.58 Å². The monoisotopic (exact) mass is 286 g/mol. The fourth-order valence-corrected chi connectivity index (χ4v) is 2.25. The van der Waals surface area contributed by atoms with Crippen LogP contribution in [-0.2, 0) is 10.0 Å². The van der Waals surface area contributed by atoms with Gasteiger partial charge >= 0.3 is 5.69 Å². The molecule has 0 fully saturated rings. The Morgan fingerprint density at radius 1 is 1.53 bits per heavy atom. The molecule has 1 rings (SSSR count). The van der Waals surface area contributed by atoms with Gasteiger partial charge in [-0.25, -0.2) is 13.6 Å². The van der Waals surface area contributed by atoms with E-state index in [1.165, 1.54) is 13.0 Å². The van der Waals surface area contributed by atoms with Crippen molar-refractivity contribution in [3.8, 4) is 5.75 Å². The van der Waals surface area contributed by atoms with Gasteiger partial charge in [0.05, 0.1) is 16.4 Å². The molecule has 8 heteroatoms. The van der Waals surface area contributed by atoms with Crippen molar-refractivity contribution in [3.05, 3.63) is 40.5 Å². The molecule has 0 saturated carbocycles. The third-order valence-corrected chi connectivity index (χ3v) is 3.39. The van der Waals surface area contributed by atoms with Crippen LogP contribution >= 0.6 is 0 Å². The molecule has 0 bridgehead atoms. The van der Waals surface area contributed by atoms with Gasteiger partial charge < -0.3 is 4.74 Å². The summed E-state index contributed by atoms with van der Waals surface area (Å²) in [7, 11) is -4.01. The molecule has 0 aliphatic carbocycles. The molecule has 0 unspecified atom stereocenters. The van der Waals surface area contributed by atoms with E-state index in [9.17, 15) is 18.5 Å². The second-order valence-corrected chi connectivity index (χ2v) is 5.34. The first-order valence-corrected chi connectivity index (χ1v) is 6.87. The number of ether oxygens (including phenoxy) is 1. The van der Waals surface area contributed by atoms with Crippen molar-refractivity contribution in [2.75, 3.05) is 6.61 Å². The summed E-state index contributed by atoms with van der Waals surface area (Å²) in [6.07, 6.45) is 2.13. The summed E-state index contributed by atoms with van der Waals surface area (Å²) in [5.74, 6) is 0.0109. The summed E-state index contributed by atoms with van der Waals surface area (Å²) in [5, 5.41) is 15.9. The molecule has 7 nitrogen and oxygen atoms in total. The highest BCUT2D eigenvalue weighted by atomic mass is 32.2. The quantitative estimate of drug-likeness (QED) is 0.368. The number of hydrogen-bond donors (Lipinski definition) is 1. The van der Waals surface area contributed by atoms with Crippen LogP contribution in [0.2, 0.25) is 0 Å². The predicted molar refractivity (Wildman–Crippen MR) is 69.5 cm³/mol. The topological polar surface area (TPSA) is 113 Å². The maximum Gasteiger partial charge on any atom is 0.312 e. The van der Waals surface area contributed by atoms with Gasteiger partial charge in [-0.05, 0) is 25.0 Å². The molecule has 0 radical (unpaired) electrons. The minimum absolute atomic E-state index is 0.0109. The fourth-order valence-electron chi connectivity index (χ4n) is 1.47. The average molecular weight is 286 g/mol. The Morgan fingerprint density at radius 3 is 2.63 bits per heavy atom. The lowest BCUT2D eigenvalue weighted by Gasteiger charge is -2.09. The normalized spacial score (nSPS) is 11.1. The Bertz CT molecular complexity index is 610. The van der Waals surface area contributed by atoms with E-state index in [1.807, 2.05) is 0 Å². The number of aryl methyl sites for hydroxylation is 1. The summed E-state index contributed by atoms with van der Waals surface area (Å²) >= 11 is 0. The average Bonchev–Trinajstić information content (AvgIpc) is 2.27. The van der Waals surface area contributed by atoms with E-state index in [-0.39, 0.29) is 17.3 Å². The van der Waals surface area contributed by atoms with E-state index in [0.29, 0.717) is 12.0 Å². The molecule has 19 heavy (non-hydrogen) atoms. The molecule has 0 saturated heterocycles. The number of nitrogens with zero attached hydrogens (tertiary/aromatic N) is 1. The SMILES string of the molecule is C=CCCOc1cc(C)c(S(N)(=O)=O)cc1[N+](=O)[O-]. The Labute approximate surface area is 110 Å². The first-order chi connectivity index (χ1) is 8.77. The number of hydrogen-bond acceptors (Lipinski definition) is 5. The van der Waals surface area contributed by atoms with Crippen molar-refractivity contribution < 1.29 is 18.1 Å². The molecule has 2 N–H and O–H groups in total. The summed E-state index contributed by atoms with van der Waals surface area (Å²) in [4.78, 5) is 9.92. The van der Waals surface area contributed by atoms with Crippen LogP contribution in [0.15, 0.2) is 29.7 Å². The van der Waals surface area contributed by atoms with Crippen molar-refractivity contribution in [2.45, 2.75) is 18.2 Å². The molecular formula is C11H14N2O5S. The van der Waals surface area contributed by atoms with E-state index in [0.717, 1.165) is 6.07 Å². The van der Waals surface area contributed by atoms with Crippen LogP contribution in [0, 0.1) is 17.0 Å². The van der Waals surface area contributed by atoms with E-state index in [1.54, 1.807) is 6.08 Å². The van der Waals surface area contributed by atoms with E-state index < -0.39 is 20.6 Å². The van der Waals surface area contributed by atoms with Crippen LogP contribution in [0.5, 0.6) is 5.75 Å². The standard InChI is InChI=1S/C11H14N2O5S/c1-3-4-5-18-10-6-8(2)11(19(12,16)17)7-9(10)13(14)15/h3,6-7H,1,4-5H2,2H3,(H2,12,16,17). The number of benzene rings is 1. The summed E-state index contributed by atoms with van der Waals surface area (Å²) in [6, 6.07) is 2.20. The van der Waals surface area contributed by atoms with Crippen molar-refractivity contribution in [1.82, 2.24) is 0 Å². The Hall–Kier alpha value is -1.93. The van der Waals surface area contributed by atoms with Crippen molar-refractivity contribution in [1.29, 1.82) is 0 Å². The van der Waals surface area contributed by atoms with Gasteiger partial charge in [-0.3, -0.25) is 10.1 Å². The molecule has 0 heterocycles. The zero-order chi connectivity index (χ0) is 14.6. The molecule has 0 aromatic heterocycles. The third-order valence-electron chi connectivity index (χ3n) is 2.34. The van der Waals surface area contributed by atoms with Gasteiger partial charge in [0.15, 0.2) is 5.75 Å². The first-order valence-electron chi connectivity index (χ1n) is 5.33. The highest BCUT2D eigenvalue weighted by Gasteiger charge is 2.22. The second-order valence-electron chi connectivity index (χ2n) is 3.81. The molecule has 0 aliphatic rings. The lowest BCUT2D eigenvalue weighted by atomic mass is 10.2. The predicted octanol–water partition coefficient (Wildman–Crippen LogP) is 1.51. The Balaban J connectivity index is 3.29. The van der Waals surface area contributed by atoms with Crippen molar-refractivity contribution >= 4 is 15.7 Å². The second kappa shape index (κ2) is 5.81. The number of primary sulfonamides is 1. The van der Waals surface area contributed by atoms with Crippen LogP contribution in [0.3, 0.4) is 0 Å². The molecule has 0 aliphatic heterocycles. The largest absolute Gasteiger partial charge is 0.486 e. The van der Waals surface area contributed by atoms with Gasteiger partial charge in [-0.2, -0.15) is 0 Å². The zero-order valence-corrected chi connectivity index (χ0v) is 11.1. The van der Waals surface area contributed by atoms with Gasteiger partial charge in [-0.1, -0.05) is 6.08 Å². The van der Waals surface area contributed by atoms with Crippen LogP contribution < -0.4 is 9.88 Å². The fraction of sp³-hybridized carbons (Fsp3) is 0.273. The number of nitro benzene ring substituents is 1. The van der Waals surface area contributed by atoms with Crippen molar-refractivity contribution in [3.63, 3.8) is 0 Å². The van der Waals surface area contributed by atoms with E-state index in [4.69, 9.17) is 9.88 Å². The summed E-state index contributed by atoms with van der Waals surface area (Å²) in [6.45, 7) is 5.21. The molecular weight excluding hydrogens is 272 g/mol. The van der Waals surface area contributed by atoms with Crippen LogP contribution in [0.4, 0.5) is 5.69 Å². The van der Waals surface area contributed by atoms with Gasteiger partial charge in [0.1, 0.15) is 0 Å². The number of nitrogens with two attached hydrogens (primary N) is 1. The maximum absolute atomic E-state index is 11.3. The Kier molecular flexibility index (Phi) is 4.62. The van der Waals surface area contributed by atoms with Gasteiger partial charge in [0, 0.05) is 6.07 Å². The highest BCUT2D eigenvalue weighted by Crippen LogP contribution is 2.32. The van der Waals surface area contributed by atoms with Crippen LogP contribution in [-0.4, -0.2) is 19.9 Å². The first kappa shape index (κ1) is 15.1. The molecule has 1 aromatic rings. The summed E-state index contributed by atoms with van der Waals surface area (Å²) < 4.78 is 27.8. The highest BCUT2D eigenvalue weighted by molar-refractivity contribution is 7.89. The van der Waals surface area contributed by atoms with Crippen molar-refractivity contribution in [2.24, 2.45) is 5.14 Å². The number of sulfonamides is 1. The van der Waals surface area contributed by atoms with Gasteiger partial charge in [-0.15, -0.1) is 6.58 Å². The lowest BCUT2D eigenvalue weighted by molar-refractivity contribution is -0.386. The molecule has 0 spiro atoms. The minimum Gasteiger partial charge on any atom is -0.486 e. The molecule has 1 aromatic carbocycles. The molecule has 104 valence electrons. The van der Waals surface area contributed by atoms with E-state index >= 15 is 0 Å². The maximum atomic E-state index is 11.3. The number of nitro groups is 1. The zero-order valence-electron chi connectivity index (χ0n) is 10.3. The molecule has 0 atom stereocenters. The van der Waals surface area contributed by atoms with Gasteiger partial charge in [0.25, 0.3) is 0 Å². The Morgan fingerprint density at radius 2 is 2.16 bits per heavy atom. The number of rotatable bonds is 6. The third kappa shape index (κ3) is 3.76.